The lowest BCUT2D eigenvalue weighted by molar-refractivity contribution is 0.355. The number of nitrogens with two attached hydrogens (primary N) is 1. The number of ether oxygens (including phenoxy) is 2. The molecule has 0 radical (unpaired) electrons. The van der Waals surface area contributed by atoms with Crippen molar-refractivity contribution >= 4 is 11.6 Å². The fraction of sp³-hybridized carbons (Fsp3) is 0.227. The van der Waals surface area contributed by atoms with E-state index in [4.69, 9.17) is 20.2 Å². The van der Waals surface area contributed by atoms with Crippen molar-refractivity contribution in [2.45, 2.75) is 19.8 Å². The van der Waals surface area contributed by atoms with E-state index >= 15 is 0 Å². The van der Waals surface area contributed by atoms with Crippen LogP contribution in [0.15, 0.2) is 48.5 Å². The molecule has 7 nitrogen and oxygen atoms in total. The molecule has 2 heterocycles. The molecular formula is C22H23N5O2. The molecule has 2 N–H and O–H groups in total. The standard InChI is InChI=1S/C22H23N5O2/c1-13(2)19-18(15-10-11-16(28-3)17(12-15)29-4)20(23)27-22(24-19)25-21(26-27)14-8-6-5-7-9-14/h5-13H,23H2,1-4H3. The molecule has 2 aromatic carbocycles. The Bertz CT molecular complexity index is 1170. The second-order valence-corrected chi connectivity index (χ2v) is 6.99. The normalized spacial score (nSPS) is 11.2. The van der Waals surface area contributed by atoms with Crippen LogP contribution in [-0.4, -0.2) is 33.8 Å². The topological polar surface area (TPSA) is 87.6 Å². The van der Waals surface area contributed by atoms with E-state index in [0.29, 0.717) is 28.9 Å². The van der Waals surface area contributed by atoms with Gasteiger partial charge < -0.3 is 15.2 Å². The van der Waals surface area contributed by atoms with Crippen LogP contribution in [0.1, 0.15) is 25.5 Å². The van der Waals surface area contributed by atoms with Crippen LogP contribution in [0.4, 0.5) is 5.82 Å². The summed E-state index contributed by atoms with van der Waals surface area (Å²) in [6.45, 7) is 4.16. The van der Waals surface area contributed by atoms with Gasteiger partial charge in [0.05, 0.1) is 19.9 Å². The predicted molar refractivity (Wildman–Crippen MR) is 113 cm³/mol. The predicted octanol–water partition coefficient (Wildman–Crippen LogP) is 4.18. The van der Waals surface area contributed by atoms with Crippen molar-refractivity contribution in [2.24, 2.45) is 0 Å². The molecule has 0 unspecified atom stereocenters. The number of methoxy groups -OCH3 is 2. The first-order valence-corrected chi connectivity index (χ1v) is 9.37. The molecule has 0 saturated heterocycles. The van der Waals surface area contributed by atoms with Crippen LogP contribution in [0.25, 0.3) is 28.3 Å². The lowest BCUT2D eigenvalue weighted by atomic mass is 9.97. The number of hydrogen-bond donors (Lipinski definition) is 1. The number of fused-ring (bicyclic) bond motifs is 1. The Morgan fingerprint density at radius 1 is 0.897 bits per heavy atom. The van der Waals surface area contributed by atoms with E-state index in [1.54, 1.807) is 18.7 Å². The lowest BCUT2D eigenvalue weighted by Gasteiger charge is -2.16. The van der Waals surface area contributed by atoms with Crippen LogP contribution in [-0.2, 0) is 0 Å². The van der Waals surface area contributed by atoms with Gasteiger partial charge in [-0.1, -0.05) is 50.2 Å². The average molecular weight is 389 g/mol. The molecule has 0 aliphatic rings. The molecule has 0 atom stereocenters. The number of rotatable bonds is 5. The van der Waals surface area contributed by atoms with E-state index in [2.05, 4.69) is 23.9 Å². The fourth-order valence-electron chi connectivity index (χ4n) is 3.35. The Hall–Kier alpha value is -3.61. The summed E-state index contributed by atoms with van der Waals surface area (Å²) in [5.74, 6) is 2.98. The molecule has 4 rings (SSSR count). The van der Waals surface area contributed by atoms with Crippen molar-refractivity contribution in [1.29, 1.82) is 0 Å². The number of aromatic nitrogens is 4. The SMILES string of the molecule is COc1ccc(-c2c(C(C)C)nc3nc(-c4ccccc4)nn3c2N)cc1OC. The highest BCUT2D eigenvalue weighted by molar-refractivity contribution is 5.80. The molecule has 0 fully saturated rings. The summed E-state index contributed by atoms with van der Waals surface area (Å²) in [5.41, 5.74) is 10.1. The minimum Gasteiger partial charge on any atom is -0.493 e. The van der Waals surface area contributed by atoms with E-state index < -0.39 is 0 Å². The number of hydrogen-bond acceptors (Lipinski definition) is 6. The zero-order valence-electron chi connectivity index (χ0n) is 16.9. The van der Waals surface area contributed by atoms with Gasteiger partial charge in [-0.3, -0.25) is 0 Å². The van der Waals surface area contributed by atoms with E-state index in [1.807, 2.05) is 48.5 Å². The molecule has 0 spiro atoms. The van der Waals surface area contributed by atoms with Crippen LogP contribution in [0, 0.1) is 0 Å². The lowest BCUT2D eigenvalue weighted by Crippen LogP contribution is -2.09. The molecular weight excluding hydrogens is 366 g/mol. The second kappa shape index (κ2) is 7.43. The van der Waals surface area contributed by atoms with Gasteiger partial charge in [0.25, 0.3) is 5.78 Å². The van der Waals surface area contributed by atoms with Gasteiger partial charge in [-0.15, -0.1) is 5.10 Å². The van der Waals surface area contributed by atoms with Gasteiger partial charge in [-0.05, 0) is 23.6 Å². The highest BCUT2D eigenvalue weighted by atomic mass is 16.5. The van der Waals surface area contributed by atoms with Gasteiger partial charge in [0.1, 0.15) is 5.82 Å². The maximum absolute atomic E-state index is 6.59. The smallest absolute Gasteiger partial charge is 0.254 e. The van der Waals surface area contributed by atoms with E-state index in [1.165, 1.54) is 0 Å². The summed E-state index contributed by atoms with van der Waals surface area (Å²) in [7, 11) is 3.22. The third-order valence-corrected chi connectivity index (χ3v) is 4.80. The highest BCUT2D eigenvalue weighted by Gasteiger charge is 2.21. The summed E-state index contributed by atoms with van der Waals surface area (Å²) >= 11 is 0. The first-order chi connectivity index (χ1) is 14.0. The molecule has 0 aliphatic carbocycles. The van der Waals surface area contributed by atoms with Crippen molar-refractivity contribution in [1.82, 2.24) is 19.6 Å². The molecule has 7 heteroatoms. The number of benzene rings is 2. The zero-order chi connectivity index (χ0) is 20.5. The van der Waals surface area contributed by atoms with Crippen LogP contribution < -0.4 is 15.2 Å². The van der Waals surface area contributed by atoms with E-state index in [9.17, 15) is 0 Å². The molecule has 148 valence electrons. The van der Waals surface area contributed by atoms with Crippen molar-refractivity contribution in [3.8, 4) is 34.0 Å². The third kappa shape index (κ3) is 3.24. The molecule has 4 aromatic rings. The van der Waals surface area contributed by atoms with Gasteiger partial charge in [-0.2, -0.15) is 9.50 Å². The second-order valence-electron chi connectivity index (χ2n) is 6.99. The summed E-state index contributed by atoms with van der Waals surface area (Å²) in [5, 5.41) is 4.61. The van der Waals surface area contributed by atoms with Gasteiger partial charge in [-0.25, -0.2) is 4.98 Å². The van der Waals surface area contributed by atoms with E-state index in [0.717, 1.165) is 22.4 Å². The van der Waals surface area contributed by atoms with Crippen LogP contribution in [0.2, 0.25) is 0 Å². The minimum atomic E-state index is 0.141. The Balaban J connectivity index is 1.96. The molecule has 0 amide bonds. The molecule has 0 bridgehead atoms. The third-order valence-electron chi connectivity index (χ3n) is 4.80. The van der Waals surface area contributed by atoms with Crippen molar-refractivity contribution in [2.75, 3.05) is 20.0 Å². The van der Waals surface area contributed by atoms with Crippen LogP contribution >= 0.6 is 0 Å². The van der Waals surface area contributed by atoms with Crippen LogP contribution in [0.5, 0.6) is 11.5 Å². The quantitative estimate of drug-likeness (QED) is 0.551. The first kappa shape index (κ1) is 18.7. The van der Waals surface area contributed by atoms with Gasteiger partial charge in [0.15, 0.2) is 17.3 Å². The van der Waals surface area contributed by atoms with Crippen molar-refractivity contribution < 1.29 is 9.47 Å². The summed E-state index contributed by atoms with van der Waals surface area (Å²) in [6.07, 6.45) is 0. The number of anilines is 1. The Morgan fingerprint density at radius 2 is 1.62 bits per heavy atom. The summed E-state index contributed by atoms with van der Waals surface area (Å²) in [6, 6.07) is 15.5. The van der Waals surface area contributed by atoms with E-state index in [-0.39, 0.29) is 5.92 Å². The Kier molecular flexibility index (Phi) is 4.80. The van der Waals surface area contributed by atoms with Gasteiger partial charge in [0, 0.05) is 11.1 Å². The first-order valence-electron chi connectivity index (χ1n) is 9.37. The Labute approximate surface area is 169 Å². The molecule has 29 heavy (non-hydrogen) atoms. The van der Waals surface area contributed by atoms with Crippen molar-refractivity contribution in [3.05, 3.63) is 54.2 Å². The molecule has 2 aromatic heterocycles. The summed E-state index contributed by atoms with van der Waals surface area (Å²) < 4.78 is 12.4. The number of nitrogens with zero attached hydrogens (tertiary/aromatic N) is 4. The van der Waals surface area contributed by atoms with Crippen molar-refractivity contribution in [3.63, 3.8) is 0 Å². The largest absolute Gasteiger partial charge is 0.493 e. The maximum atomic E-state index is 6.59. The highest BCUT2D eigenvalue weighted by Crippen LogP contribution is 2.38. The summed E-state index contributed by atoms with van der Waals surface area (Å²) in [4.78, 5) is 9.39. The maximum Gasteiger partial charge on any atom is 0.254 e. The number of nitrogen functional groups attached to an aromatic ring is 1. The fourth-order valence-corrected chi connectivity index (χ4v) is 3.35. The monoisotopic (exact) mass is 389 g/mol. The molecule has 0 aliphatic heterocycles. The molecule has 0 saturated carbocycles. The Morgan fingerprint density at radius 3 is 2.28 bits per heavy atom. The zero-order valence-corrected chi connectivity index (χ0v) is 16.9. The van der Waals surface area contributed by atoms with Gasteiger partial charge in [0.2, 0.25) is 0 Å². The minimum absolute atomic E-state index is 0.141. The van der Waals surface area contributed by atoms with Gasteiger partial charge >= 0.3 is 0 Å². The average Bonchev–Trinajstić information content (AvgIpc) is 3.18. The van der Waals surface area contributed by atoms with Crippen LogP contribution in [0.3, 0.4) is 0 Å².